The van der Waals surface area contributed by atoms with Crippen molar-refractivity contribution in [2.24, 2.45) is 5.73 Å². The summed E-state index contributed by atoms with van der Waals surface area (Å²) in [5, 5.41) is 2.92. The maximum atomic E-state index is 12.4. The van der Waals surface area contributed by atoms with Gasteiger partial charge in [0.1, 0.15) is 0 Å². The van der Waals surface area contributed by atoms with Crippen LogP contribution in [0.1, 0.15) is 39.8 Å². The minimum absolute atomic E-state index is 0.0308. The van der Waals surface area contributed by atoms with Gasteiger partial charge in [-0.1, -0.05) is 6.07 Å². The molecular formula is C18H25N3O. The summed E-state index contributed by atoms with van der Waals surface area (Å²) in [6, 6.07) is 8.32. The molecule has 0 fully saturated rings. The third-order valence-electron chi connectivity index (χ3n) is 3.87. The van der Waals surface area contributed by atoms with Gasteiger partial charge in [-0.05, 0) is 63.9 Å². The fourth-order valence-corrected chi connectivity index (χ4v) is 2.83. The molecule has 0 saturated heterocycles. The van der Waals surface area contributed by atoms with Crippen molar-refractivity contribution in [3.63, 3.8) is 0 Å². The Kier molecular flexibility index (Phi) is 4.71. The van der Waals surface area contributed by atoms with Gasteiger partial charge in [0.05, 0.1) is 5.56 Å². The molecular weight excluding hydrogens is 274 g/mol. The van der Waals surface area contributed by atoms with Crippen LogP contribution in [0, 0.1) is 27.7 Å². The number of carbonyl (C=O) groups excluding carboxylic acids is 1. The second-order valence-electron chi connectivity index (χ2n) is 6.08. The summed E-state index contributed by atoms with van der Waals surface area (Å²) >= 11 is 0. The Labute approximate surface area is 132 Å². The van der Waals surface area contributed by atoms with Crippen molar-refractivity contribution in [2.45, 2.75) is 40.7 Å². The number of aromatic nitrogens is 1. The van der Waals surface area contributed by atoms with Crippen LogP contribution in [0.15, 0.2) is 24.3 Å². The molecule has 3 N–H and O–H groups in total. The first-order valence-corrected chi connectivity index (χ1v) is 7.62. The lowest BCUT2D eigenvalue weighted by molar-refractivity contribution is 0.0940. The number of nitrogens with two attached hydrogens (primary N) is 1. The van der Waals surface area contributed by atoms with E-state index in [0.717, 1.165) is 17.1 Å². The van der Waals surface area contributed by atoms with Crippen LogP contribution in [-0.4, -0.2) is 23.1 Å². The van der Waals surface area contributed by atoms with E-state index < -0.39 is 0 Å². The smallest absolute Gasteiger partial charge is 0.253 e. The van der Waals surface area contributed by atoms with E-state index in [2.05, 4.69) is 41.9 Å². The van der Waals surface area contributed by atoms with Gasteiger partial charge in [0.25, 0.3) is 5.91 Å². The van der Waals surface area contributed by atoms with Crippen LogP contribution in [0.5, 0.6) is 0 Å². The van der Waals surface area contributed by atoms with Gasteiger partial charge in [0, 0.05) is 29.7 Å². The van der Waals surface area contributed by atoms with E-state index in [0.29, 0.717) is 12.1 Å². The monoisotopic (exact) mass is 299 g/mol. The summed E-state index contributed by atoms with van der Waals surface area (Å²) in [6.45, 7) is 10.5. The SMILES string of the molecule is Cc1cc(C)cc(-n2c(C)cc(C(=O)N[C@@H](C)CN)c2C)c1. The van der Waals surface area contributed by atoms with E-state index in [-0.39, 0.29) is 11.9 Å². The molecule has 1 amide bonds. The highest BCUT2D eigenvalue weighted by Crippen LogP contribution is 2.22. The minimum atomic E-state index is -0.0679. The van der Waals surface area contributed by atoms with Gasteiger partial charge in [0.2, 0.25) is 0 Å². The van der Waals surface area contributed by atoms with Crippen molar-refractivity contribution >= 4 is 5.91 Å². The highest BCUT2D eigenvalue weighted by molar-refractivity contribution is 5.96. The molecule has 1 atom stereocenters. The van der Waals surface area contributed by atoms with Gasteiger partial charge >= 0.3 is 0 Å². The van der Waals surface area contributed by atoms with Crippen LogP contribution in [-0.2, 0) is 0 Å². The van der Waals surface area contributed by atoms with Gasteiger partial charge in [-0.25, -0.2) is 0 Å². The zero-order valence-corrected chi connectivity index (χ0v) is 14.0. The summed E-state index contributed by atoms with van der Waals surface area (Å²) in [6.07, 6.45) is 0. The number of benzene rings is 1. The maximum Gasteiger partial charge on any atom is 0.253 e. The predicted octanol–water partition coefficient (Wildman–Crippen LogP) is 2.79. The largest absolute Gasteiger partial charge is 0.348 e. The standard InChI is InChI=1S/C18H25N3O/c1-11-6-12(2)8-16(7-11)21-14(4)9-17(15(21)5)18(22)20-13(3)10-19/h6-9,13H,10,19H2,1-5H3,(H,20,22)/t13-/m0/s1. The van der Waals surface area contributed by atoms with Crippen LogP contribution >= 0.6 is 0 Å². The summed E-state index contributed by atoms with van der Waals surface area (Å²) in [4.78, 5) is 12.4. The van der Waals surface area contributed by atoms with E-state index in [4.69, 9.17) is 5.73 Å². The molecule has 1 heterocycles. The quantitative estimate of drug-likeness (QED) is 0.912. The number of amides is 1. The number of nitrogens with one attached hydrogen (secondary N) is 1. The molecule has 22 heavy (non-hydrogen) atoms. The van der Waals surface area contributed by atoms with Crippen molar-refractivity contribution < 1.29 is 4.79 Å². The van der Waals surface area contributed by atoms with Crippen molar-refractivity contribution in [1.29, 1.82) is 0 Å². The highest BCUT2D eigenvalue weighted by atomic mass is 16.1. The third kappa shape index (κ3) is 3.22. The zero-order chi connectivity index (χ0) is 16.4. The van der Waals surface area contributed by atoms with Crippen molar-refractivity contribution in [1.82, 2.24) is 9.88 Å². The Balaban J connectivity index is 2.45. The fraction of sp³-hybridized carbons (Fsp3) is 0.389. The molecule has 0 spiro atoms. The first kappa shape index (κ1) is 16.3. The van der Waals surface area contributed by atoms with Crippen LogP contribution in [0.4, 0.5) is 0 Å². The molecule has 0 aliphatic rings. The first-order chi connectivity index (χ1) is 10.3. The molecule has 118 valence electrons. The maximum absolute atomic E-state index is 12.4. The normalized spacial score (nSPS) is 12.3. The van der Waals surface area contributed by atoms with Crippen molar-refractivity contribution in [3.05, 3.63) is 52.3 Å². The third-order valence-corrected chi connectivity index (χ3v) is 3.87. The Hall–Kier alpha value is -2.07. The minimum Gasteiger partial charge on any atom is -0.348 e. The Bertz CT molecular complexity index is 680. The molecule has 0 aliphatic heterocycles. The number of carbonyl (C=O) groups is 1. The van der Waals surface area contributed by atoms with Gasteiger partial charge in [0.15, 0.2) is 0 Å². The molecule has 1 aromatic carbocycles. The number of aryl methyl sites for hydroxylation is 3. The molecule has 0 bridgehead atoms. The molecule has 1 aromatic heterocycles. The average Bonchev–Trinajstić information content (AvgIpc) is 2.72. The van der Waals surface area contributed by atoms with E-state index in [1.165, 1.54) is 11.1 Å². The molecule has 0 saturated carbocycles. The van der Waals surface area contributed by atoms with Gasteiger partial charge in [-0.15, -0.1) is 0 Å². The second-order valence-corrected chi connectivity index (χ2v) is 6.08. The van der Waals surface area contributed by atoms with E-state index in [1.807, 2.05) is 26.8 Å². The van der Waals surface area contributed by atoms with Gasteiger partial charge in [-0.3, -0.25) is 4.79 Å². The molecule has 2 rings (SSSR count). The van der Waals surface area contributed by atoms with Crippen molar-refractivity contribution in [3.8, 4) is 5.69 Å². The van der Waals surface area contributed by atoms with Crippen LogP contribution in [0.25, 0.3) is 5.69 Å². The van der Waals surface area contributed by atoms with Crippen LogP contribution < -0.4 is 11.1 Å². The lowest BCUT2D eigenvalue weighted by Crippen LogP contribution is -2.37. The Morgan fingerprint density at radius 2 is 1.73 bits per heavy atom. The predicted molar refractivity (Wildman–Crippen MR) is 90.7 cm³/mol. The lowest BCUT2D eigenvalue weighted by Gasteiger charge is -2.13. The zero-order valence-electron chi connectivity index (χ0n) is 14.0. The molecule has 4 nitrogen and oxygen atoms in total. The molecule has 2 aromatic rings. The van der Waals surface area contributed by atoms with Crippen LogP contribution in [0.3, 0.4) is 0 Å². The van der Waals surface area contributed by atoms with Gasteiger partial charge < -0.3 is 15.6 Å². The molecule has 0 radical (unpaired) electrons. The number of nitrogens with zero attached hydrogens (tertiary/aromatic N) is 1. The number of rotatable bonds is 4. The van der Waals surface area contributed by atoms with Gasteiger partial charge in [-0.2, -0.15) is 0 Å². The Morgan fingerprint density at radius 3 is 2.27 bits per heavy atom. The fourth-order valence-electron chi connectivity index (χ4n) is 2.83. The lowest BCUT2D eigenvalue weighted by atomic mass is 10.1. The summed E-state index contributed by atoms with van der Waals surface area (Å²) in [5.74, 6) is -0.0679. The summed E-state index contributed by atoms with van der Waals surface area (Å²) in [7, 11) is 0. The molecule has 0 unspecified atom stereocenters. The van der Waals surface area contributed by atoms with E-state index in [9.17, 15) is 4.79 Å². The first-order valence-electron chi connectivity index (χ1n) is 7.62. The Morgan fingerprint density at radius 1 is 1.14 bits per heavy atom. The molecule has 4 heteroatoms. The summed E-state index contributed by atoms with van der Waals surface area (Å²) < 4.78 is 2.13. The van der Waals surface area contributed by atoms with Crippen LogP contribution in [0.2, 0.25) is 0 Å². The number of hydrogen-bond donors (Lipinski definition) is 2. The van der Waals surface area contributed by atoms with E-state index in [1.54, 1.807) is 0 Å². The molecule has 0 aliphatic carbocycles. The summed E-state index contributed by atoms with van der Waals surface area (Å²) in [5.41, 5.74) is 11.8. The average molecular weight is 299 g/mol. The van der Waals surface area contributed by atoms with Crippen molar-refractivity contribution in [2.75, 3.05) is 6.54 Å². The van der Waals surface area contributed by atoms with E-state index >= 15 is 0 Å². The second kappa shape index (κ2) is 6.36. The number of hydrogen-bond acceptors (Lipinski definition) is 2. The topological polar surface area (TPSA) is 60.0 Å². The highest BCUT2D eigenvalue weighted by Gasteiger charge is 2.17.